The Morgan fingerprint density at radius 1 is 1.45 bits per heavy atom. The van der Waals surface area contributed by atoms with Crippen LogP contribution >= 0.6 is 0 Å². The summed E-state index contributed by atoms with van der Waals surface area (Å²) in [4.78, 5) is 12.1. The Kier molecular flexibility index (Phi) is 3.71. The molecule has 0 spiro atoms. The molecule has 1 amide bonds. The monoisotopic (exact) mass is 274 g/mol. The standard InChI is InChI=1S/C15H18N2O3/c1-10-6-12-7-11(2-3-14(12)20-10)15(18)17-9-13-8-16-4-5-19-13/h2-3,6-7,13,16H,4-5,8-9H2,1H3,(H,17,18). The molecule has 0 aliphatic carbocycles. The normalized spacial score (nSPS) is 19.1. The van der Waals surface area contributed by atoms with Gasteiger partial charge in [-0.25, -0.2) is 0 Å². The van der Waals surface area contributed by atoms with Gasteiger partial charge in [0, 0.05) is 30.6 Å². The van der Waals surface area contributed by atoms with Crippen molar-refractivity contribution in [3.05, 3.63) is 35.6 Å². The highest BCUT2D eigenvalue weighted by atomic mass is 16.5. The fraction of sp³-hybridized carbons (Fsp3) is 0.400. The fourth-order valence-corrected chi connectivity index (χ4v) is 2.38. The van der Waals surface area contributed by atoms with Crippen LogP contribution in [0.2, 0.25) is 0 Å². The summed E-state index contributed by atoms with van der Waals surface area (Å²) in [5.74, 6) is 0.763. The van der Waals surface area contributed by atoms with E-state index in [1.165, 1.54) is 0 Å². The summed E-state index contributed by atoms with van der Waals surface area (Å²) in [5.41, 5.74) is 1.45. The molecular weight excluding hydrogens is 256 g/mol. The minimum atomic E-state index is -0.0834. The molecule has 1 unspecified atom stereocenters. The van der Waals surface area contributed by atoms with Crippen molar-refractivity contribution in [1.29, 1.82) is 0 Å². The topological polar surface area (TPSA) is 63.5 Å². The Morgan fingerprint density at radius 2 is 2.35 bits per heavy atom. The first-order valence-electron chi connectivity index (χ1n) is 6.83. The average molecular weight is 274 g/mol. The van der Waals surface area contributed by atoms with Crippen molar-refractivity contribution in [2.45, 2.75) is 13.0 Å². The molecule has 0 radical (unpaired) electrons. The van der Waals surface area contributed by atoms with E-state index in [1.807, 2.05) is 25.1 Å². The van der Waals surface area contributed by atoms with Gasteiger partial charge >= 0.3 is 0 Å². The van der Waals surface area contributed by atoms with E-state index in [2.05, 4.69) is 10.6 Å². The van der Waals surface area contributed by atoms with E-state index in [-0.39, 0.29) is 12.0 Å². The molecule has 1 aliphatic heterocycles. The Labute approximate surface area is 117 Å². The van der Waals surface area contributed by atoms with Gasteiger partial charge in [0.1, 0.15) is 11.3 Å². The molecule has 1 fully saturated rings. The number of benzene rings is 1. The number of carbonyl (C=O) groups is 1. The van der Waals surface area contributed by atoms with E-state index >= 15 is 0 Å². The van der Waals surface area contributed by atoms with Gasteiger partial charge in [0.05, 0.1) is 12.7 Å². The maximum absolute atomic E-state index is 12.1. The van der Waals surface area contributed by atoms with Crippen LogP contribution < -0.4 is 10.6 Å². The highest BCUT2D eigenvalue weighted by molar-refractivity contribution is 5.97. The van der Waals surface area contributed by atoms with Gasteiger partial charge in [-0.2, -0.15) is 0 Å². The number of morpholine rings is 1. The number of ether oxygens (including phenoxy) is 1. The summed E-state index contributed by atoms with van der Waals surface area (Å²) >= 11 is 0. The minimum Gasteiger partial charge on any atom is -0.461 e. The smallest absolute Gasteiger partial charge is 0.251 e. The lowest BCUT2D eigenvalue weighted by molar-refractivity contribution is 0.0287. The van der Waals surface area contributed by atoms with Crippen molar-refractivity contribution in [2.24, 2.45) is 0 Å². The van der Waals surface area contributed by atoms with Crippen molar-refractivity contribution in [3.63, 3.8) is 0 Å². The lowest BCUT2D eigenvalue weighted by Gasteiger charge is -2.23. The quantitative estimate of drug-likeness (QED) is 0.889. The average Bonchev–Trinajstić information content (AvgIpc) is 2.85. The lowest BCUT2D eigenvalue weighted by Crippen LogP contribution is -2.45. The first-order valence-corrected chi connectivity index (χ1v) is 6.83. The largest absolute Gasteiger partial charge is 0.461 e. The van der Waals surface area contributed by atoms with Gasteiger partial charge in [0.2, 0.25) is 0 Å². The molecule has 1 saturated heterocycles. The number of amides is 1. The van der Waals surface area contributed by atoms with Crippen LogP contribution in [0, 0.1) is 6.92 Å². The van der Waals surface area contributed by atoms with E-state index in [1.54, 1.807) is 6.07 Å². The third-order valence-electron chi connectivity index (χ3n) is 3.40. The fourth-order valence-electron chi connectivity index (χ4n) is 2.38. The Balaban J connectivity index is 1.65. The van der Waals surface area contributed by atoms with Gasteiger partial charge in [-0.05, 0) is 31.2 Å². The zero-order chi connectivity index (χ0) is 13.9. The van der Waals surface area contributed by atoms with E-state index in [9.17, 15) is 4.79 Å². The van der Waals surface area contributed by atoms with Crippen LogP contribution in [0.1, 0.15) is 16.1 Å². The van der Waals surface area contributed by atoms with Crippen molar-refractivity contribution in [2.75, 3.05) is 26.2 Å². The number of rotatable bonds is 3. The predicted molar refractivity (Wildman–Crippen MR) is 75.9 cm³/mol. The lowest BCUT2D eigenvalue weighted by atomic mass is 10.1. The molecule has 0 bridgehead atoms. The second-order valence-electron chi connectivity index (χ2n) is 5.02. The highest BCUT2D eigenvalue weighted by Crippen LogP contribution is 2.20. The van der Waals surface area contributed by atoms with Gasteiger partial charge < -0.3 is 19.8 Å². The third-order valence-corrected chi connectivity index (χ3v) is 3.40. The predicted octanol–water partition coefficient (Wildman–Crippen LogP) is 1.46. The Hall–Kier alpha value is -1.85. The molecule has 5 heteroatoms. The Morgan fingerprint density at radius 3 is 3.15 bits per heavy atom. The van der Waals surface area contributed by atoms with Crippen molar-refractivity contribution in [3.8, 4) is 0 Å². The molecule has 2 aromatic rings. The van der Waals surface area contributed by atoms with Crippen LogP contribution in [-0.4, -0.2) is 38.3 Å². The Bertz CT molecular complexity index is 615. The highest BCUT2D eigenvalue weighted by Gasteiger charge is 2.15. The summed E-state index contributed by atoms with van der Waals surface area (Å²) in [6, 6.07) is 7.39. The van der Waals surface area contributed by atoms with Crippen molar-refractivity contribution < 1.29 is 13.9 Å². The SMILES string of the molecule is Cc1cc2cc(C(=O)NCC3CNCCO3)ccc2o1. The van der Waals surface area contributed by atoms with E-state index in [0.717, 1.165) is 29.8 Å². The second kappa shape index (κ2) is 5.64. The zero-order valence-corrected chi connectivity index (χ0v) is 11.4. The van der Waals surface area contributed by atoms with Gasteiger partial charge in [0.25, 0.3) is 5.91 Å². The van der Waals surface area contributed by atoms with Crippen molar-refractivity contribution >= 4 is 16.9 Å². The number of fused-ring (bicyclic) bond motifs is 1. The third kappa shape index (κ3) is 2.84. The van der Waals surface area contributed by atoms with Crippen LogP contribution in [0.4, 0.5) is 0 Å². The summed E-state index contributed by atoms with van der Waals surface area (Å²) in [7, 11) is 0. The summed E-state index contributed by atoms with van der Waals surface area (Å²) < 4.78 is 11.0. The number of nitrogens with one attached hydrogen (secondary N) is 2. The van der Waals surface area contributed by atoms with Gasteiger partial charge in [-0.1, -0.05) is 0 Å². The second-order valence-corrected chi connectivity index (χ2v) is 5.02. The van der Waals surface area contributed by atoms with E-state index < -0.39 is 0 Å². The first-order chi connectivity index (χ1) is 9.72. The van der Waals surface area contributed by atoms with Crippen LogP contribution in [0.3, 0.4) is 0 Å². The molecule has 2 heterocycles. The number of carbonyl (C=O) groups excluding carboxylic acids is 1. The molecular formula is C15H18N2O3. The number of aryl methyl sites for hydroxylation is 1. The molecule has 3 rings (SSSR count). The number of furan rings is 1. The molecule has 1 aromatic carbocycles. The van der Waals surface area contributed by atoms with Crippen LogP contribution in [0.5, 0.6) is 0 Å². The molecule has 20 heavy (non-hydrogen) atoms. The first kappa shape index (κ1) is 13.1. The summed E-state index contributed by atoms with van der Waals surface area (Å²) in [5, 5.41) is 7.09. The maximum atomic E-state index is 12.1. The molecule has 5 nitrogen and oxygen atoms in total. The molecule has 2 N–H and O–H groups in total. The summed E-state index contributed by atoms with van der Waals surface area (Å²) in [6.07, 6.45) is 0.0487. The van der Waals surface area contributed by atoms with Crippen molar-refractivity contribution in [1.82, 2.24) is 10.6 Å². The number of hydrogen-bond donors (Lipinski definition) is 2. The summed E-state index contributed by atoms with van der Waals surface area (Å²) in [6.45, 7) is 4.77. The van der Waals surface area contributed by atoms with Crippen LogP contribution in [0.25, 0.3) is 11.0 Å². The van der Waals surface area contributed by atoms with Crippen LogP contribution in [-0.2, 0) is 4.74 Å². The molecule has 0 saturated carbocycles. The zero-order valence-electron chi connectivity index (χ0n) is 11.4. The van der Waals surface area contributed by atoms with Gasteiger partial charge in [-0.15, -0.1) is 0 Å². The van der Waals surface area contributed by atoms with Crippen LogP contribution in [0.15, 0.2) is 28.7 Å². The van der Waals surface area contributed by atoms with E-state index in [4.69, 9.17) is 9.15 Å². The van der Waals surface area contributed by atoms with E-state index in [0.29, 0.717) is 18.7 Å². The molecule has 1 atom stereocenters. The van der Waals surface area contributed by atoms with Gasteiger partial charge in [-0.3, -0.25) is 4.79 Å². The minimum absolute atomic E-state index is 0.0487. The van der Waals surface area contributed by atoms with Gasteiger partial charge in [0.15, 0.2) is 0 Å². The number of hydrogen-bond acceptors (Lipinski definition) is 4. The molecule has 1 aliphatic rings. The maximum Gasteiger partial charge on any atom is 0.251 e. The molecule has 106 valence electrons. The molecule has 1 aromatic heterocycles.